The molecule has 0 spiro atoms. The van der Waals surface area contributed by atoms with Crippen molar-refractivity contribution in [3.8, 4) is 5.75 Å². The molecule has 4 rings (SSSR count). The zero-order valence-electron chi connectivity index (χ0n) is 19.6. The molecule has 4 nitrogen and oxygen atoms in total. The number of carbonyl (C=O) groups excluding carboxylic acids is 1. The van der Waals surface area contributed by atoms with E-state index in [1.54, 1.807) is 0 Å². The van der Waals surface area contributed by atoms with Crippen LogP contribution in [-0.2, 0) is 29.1 Å². The van der Waals surface area contributed by atoms with E-state index >= 15 is 0 Å². The number of ether oxygens (including phenoxy) is 2. The molecule has 0 aliphatic heterocycles. The van der Waals surface area contributed by atoms with Gasteiger partial charge in [0.15, 0.2) is 0 Å². The van der Waals surface area contributed by atoms with Crippen molar-refractivity contribution in [3.05, 3.63) is 101 Å². The minimum Gasteiger partial charge on any atom is -0.489 e. The number of aromatic nitrogens is 1. The van der Waals surface area contributed by atoms with Gasteiger partial charge in [-0.1, -0.05) is 68.4 Å². The third-order valence-electron chi connectivity index (χ3n) is 5.83. The highest BCUT2D eigenvalue weighted by Crippen LogP contribution is 2.29. The SMILES string of the molecule is CCOC(=O)Cc1cccc2c1ccn2Cc1ccc(OCc2ccccc2)c(C(C)C)c1. The van der Waals surface area contributed by atoms with Crippen LogP contribution in [0.15, 0.2) is 79.0 Å². The third-order valence-corrected chi connectivity index (χ3v) is 5.83. The largest absolute Gasteiger partial charge is 0.489 e. The number of carbonyl (C=O) groups is 1. The summed E-state index contributed by atoms with van der Waals surface area (Å²) in [7, 11) is 0. The molecule has 0 saturated carbocycles. The van der Waals surface area contributed by atoms with Crippen LogP contribution < -0.4 is 4.74 Å². The van der Waals surface area contributed by atoms with Gasteiger partial charge in [-0.25, -0.2) is 0 Å². The summed E-state index contributed by atoms with van der Waals surface area (Å²) in [6, 6.07) is 24.9. The average molecular weight is 442 g/mol. The van der Waals surface area contributed by atoms with Crippen LogP contribution in [0.4, 0.5) is 0 Å². The molecular weight excluding hydrogens is 410 g/mol. The summed E-state index contributed by atoms with van der Waals surface area (Å²) in [5.41, 5.74) is 5.71. The Hall–Kier alpha value is -3.53. The first-order valence-electron chi connectivity index (χ1n) is 11.6. The normalized spacial score (nSPS) is 11.2. The van der Waals surface area contributed by atoms with E-state index < -0.39 is 0 Å². The molecule has 0 bridgehead atoms. The lowest BCUT2D eigenvalue weighted by Crippen LogP contribution is -2.07. The van der Waals surface area contributed by atoms with Gasteiger partial charge < -0.3 is 14.0 Å². The summed E-state index contributed by atoms with van der Waals surface area (Å²) >= 11 is 0. The molecule has 3 aromatic carbocycles. The Balaban J connectivity index is 1.55. The number of hydrogen-bond acceptors (Lipinski definition) is 3. The van der Waals surface area contributed by atoms with Crippen LogP contribution in [0, 0.1) is 0 Å². The standard InChI is InChI=1S/C29H31NO3/c1-4-32-29(31)18-24-11-8-12-27-25(24)15-16-30(27)19-23-13-14-28(26(17-23)21(2)3)33-20-22-9-6-5-7-10-22/h5-17,21H,4,18-20H2,1-3H3. The molecule has 1 heterocycles. The summed E-state index contributed by atoms with van der Waals surface area (Å²) < 4.78 is 13.5. The van der Waals surface area contributed by atoms with Crippen molar-refractivity contribution >= 4 is 16.9 Å². The third kappa shape index (κ3) is 5.46. The molecule has 33 heavy (non-hydrogen) atoms. The molecule has 0 fully saturated rings. The number of fused-ring (bicyclic) bond motifs is 1. The van der Waals surface area contributed by atoms with E-state index in [0.29, 0.717) is 25.6 Å². The molecule has 0 aliphatic carbocycles. The van der Waals surface area contributed by atoms with Gasteiger partial charge >= 0.3 is 5.97 Å². The zero-order chi connectivity index (χ0) is 23.2. The van der Waals surface area contributed by atoms with Gasteiger partial charge in [-0.3, -0.25) is 4.79 Å². The van der Waals surface area contributed by atoms with E-state index in [1.165, 1.54) is 11.1 Å². The fourth-order valence-corrected chi connectivity index (χ4v) is 4.16. The lowest BCUT2D eigenvalue weighted by Gasteiger charge is -2.16. The maximum atomic E-state index is 12.0. The highest BCUT2D eigenvalue weighted by molar-refractivity contribution is 5.87. The Morgan fingerprint density at radius 3 is 2.52 bits per heavy atom. The smallest absolute Gasteiger partial charge is 0.310 e. The van der Waals surface area contributed by atoms with Crippen LogP contribution in [0.5, 0.6) is 5.75 Å². The maximum Gasteiger partial charge on any atom is 0.310 e. The van der Waals surface area contributed by atoms with E-state index in [2.05, 4.69) is 67.1 Å². The summed E-state index contributed by atoms with van der Waals surface area (Å²) in [5.74, 6) is 1.10. The van der Waals surface area contributed by atoms with Gasteiger partial charge in [0.2, 0.25) is 0 Å². The fraction of sp³-hybridized carbons (Fsp3) is 0.276. The van der Waals surface area contributed by atoms with Crippen LogP contribution in [0.2, 0.25) is 0 Å². The summed E-state index contributed by atoms with van der Waals surface area (Å²) in [5, 5.41) is 1.09. The minimum atomic E-state index is -0.189. The highest BCUT2D eigenvalue weighted by atomic mass is 16.5. The van der Waals surface area contributed by atoms with E-state index in [1.807, 2.05) is 37.3 Å². The highest BCUT2D eigenvalue weighted by Gasteiger charge is 2.13. The average Bonchev–Trinajstić information content (AvgIpc) is 3.22. The summed E-state index contributed by atoms with van der Waals surface area (Å²) in [6.07, 6.45) is 2.38. The van der Waals surface area contributed by atoms with Gasteiger partial charge in [0.05, 0.1) is 13.0 Å². The maximum absolute atomic E-state index is 12.0. The molecule has 4 aromatic rings. The molecular formula is C29H31NO3. The van der Waals surface area contributed by atoms with Gasteiger partial charge in [-0.2, -0.15) is 0 Å². The first-order chi connectivity index (χ1) is 16.0. The van der Waals surface area contributed by atoms with Crippen LogP contribution in [-0.4, -0.2) is 17.1 Å². The number of hydrogen-bond donors (Lipinski definition) is 0. The van der Waals surface area contributed by atoms with Crippen molar-refractivity contribution in [2.45, 2.75) is 46.3 Å². The van der Waals surface area contributed by atoms with E-state index in [0.717, 1.165) is 34.3 Å². The Labute approximate surface area is 195 Å². The van der Waals surface area contributed by atoms with Crippen LogP contribution >= 0.6 is 0 Å². The van der Waals surface area contributed by atoms with Crippen molar-refractivity contribution in [1.82, 2.24) is 4.57 Å². The van der Waals surface area contributed by atoms with Gasteiger partial charge in [0, 0.05) is 23.6 Å². The second-order valence-corrected chi connectivity index (χ2v) is 8.58. The summed E-state index contributed by atoms with van der Waals surface area (Å²) in [4.78, 5) is 12.0. The summed E-state index contributed by atoms with van der Waals surface area (Å²) in [6.45, 7) is 7.94. The van der Waals surface area contributed by atoms with Gasteiger partial charge in [0.25, 0.3) is 0 Å². The van der Waals surface area contributed by atoms with Crippen LogP contribution in [0.25, 0.3) is 10.9 Å². The number of esters is 1. The molecule has 0 amide bonds. The first kappa shape index (κ1) is 22.7. The monoisotopic (exact) mass is 441 g/mol. The van der Waals surface area contributed by atoms with E-state index in [-0.39, 0.29) is 5.97 Å². The Kier molecular flexibility index (Phi) is 7.13. The van der Waals surface area contributed by atoms with Gasteiger partial charge in [-0.05, 0) is 53.3 Å². The molecule has 1 aromatic heterocycles. The number of rotatable bonds is 9. The molecule has 0 atom stereocenters. The van der Waals surface area contributed by atoms with Crippen LogP contribution in [0.3, 0.4) is 0 Å². The van der Waals surface area contributed by atoms with Crippen molar-refractivity contribution in [2.24, 2.45) is 0 Å². The molecule has 4 heteroatoms. The quantitative estimate of drug-likeness (QED) is 0.278. The van der Waals surface area contributed by atoms with E-state index in [4.69, 9.17) is 9.47 Å². The van der Waals surface area contributed by atoms with E-state index in [9.17, 15) is 4.79 Å². The van der Waals surface area contributed by atoms with Crippen molar-refractivity contribution in [1.29, 1.82) is 0 Å². The lowest BCUT2D eigenvalue weighted by molar-refractivity contribution is -0.142. The molecule has 0 aliphatic rings. The molecule has 170 valence electrons. The minimum absolute atomic E-state index is 0.189. The Bertz CT molecular complexity index is 1220. The lowest BCUT2D eigenvalue weighted by atomic mass is 9.99. The first-order valence-corrected chi connectivity index (χ1v) is 11.6. The zero-order valence-corrected chi connectivity index (χ0v) is 19.6. The molecule has 0 unspecified atom stereocenters. The molecule has 0 radical (unpaired) electrons. The van der Waals surface area contributed by atoms with Gasteiger partial charge in [0.1, 0.15) is 12.4 Å². The number of benzene rings is 3. The van der Waals surface area contributed by atoms with Gasteiger partial charge in [-0.15, -0.1) is 0 Å². The fourth-order valence-electron chi connectivity index (χ4n) is 4.16. The molecule has 0 saturated heterocycles. The predicted molar refractivity (Wildman–Crippen MR) is 133 cm³/mol. The second kappa shape index (κ2) is 10.4. The Morgan fingerprint density at radius 2 is 1.76 bits per heavy atom. The van der Waals surface area contributed by atoms with Crippen molar-refractivity contribution < 1.29 is 14.3 Å². The Morgan fingerprint density at radius 1 is 0.939 bits per heavy atom. The van der Waals surface area contributed by atoms with Crippen molar-refractivity contribution in [3.63, 3.8) is 0 Å². The topological polar surface area (TPSA) is 40.5 Å². The predicted octanol–water partition coefficient (Wildman–Crippen LogP) is 6.50. The second-order valence-electron chi connectivity index (χ2n) is 8.58. The van der Waals surface area contributed by atoms with Crippen LogP contribution in [0.1, 0.15) is 48.9 Å². The van der Waals surface area contributed by atoms with Crippen molar-refractivity contribution in [2.75, 3.05) is 6.61 Å². The number of nitrogens with zero attached hydrogens (tertiary/aromatic N) is 1. The molecule has 0 N–H and O–H groups in total.